The molecule has 28 heavy (non-hydrogen) atoms. The summed E-state index contributed by atoms with van der Waals surface area (Å²) in [4.78, 5) is 17.3. The maximum absolute atomic E-state index is 12.9. The lowest BCUT2D eigenvalue weighted by molar-refractivity contribution is -0.138. The summed E-state index contributed by atoms with van der Waals surface area (Å²) >= 11 is 0. The van der Waals surface area contributed by atoms with Crippen LogP contribution in [0.2, 0.25) is 0 Å². The molecule has 3 atom stereocenters. The number of methoxy groups -OCH3 is 1. The molecular formula is C22H24N2O4. The normalized spacial score (nSPS) is 29.2. The highest BCUT2D eigenvalue weighted by molar-refractivity contribution is 5.82. The molecule has 0 radical (unpaired) electrons. The Hall–Kier alpha value is -2.57. The Bertz CT molecular complexity index is 903. The summed E-state index contributed by atoms with van der Waals surface area (Å²) in [5.74, 6) is 0.770. The van der Waals surface area contributed by atoms with Crippen LogP contribution in [0.3, 0.4) is 0 Å². The van der Waals surface area contributed by atoms with Crippen molar-refractivity contribution >= 4 is 5.91 Å². The van der Waals surface area contributed by atoms with Crippen LogP contribution < -0.4 is 4.74 Å². The van der Waals surface area contributed by atoms with Crippen LogP contribution in [0.1, 0.15) is 30.0 Å². The maximum atomic E-state index is 12.9. The molecule has 0 aromatic heterocycles. The van der Waals surface area contributed by atoms with Gasteiger partial charge in [0, 0.05) is 25.9 Å². The van der Waals surface area contributed by atoms with Crippen LogP contribution in [0.5, 0.6) is 11.5 Å². The van der Waals surface area contributed by atoms with E-state index in [2.05, 4.69) is 17.0 Å². The Labute approximate surface area is 164 Å². The number of likely N-dealkylation sites (tertiary alicyclic amines) is 1. The zero-order chi connectivity index (χ0) is 19.3. The summed E-state index contributed by atoms with van der Waals surface area (Å²) in [6.45, 7) is 2.08. The average molecular weight is 380 g/mol. The molecule has 3 saturated heterocycles. The number of amides is 1. The number of ether oxygens (including phenoxy) is 2. The molecule has 3 aliphatic rings. The Morgan fingerprint density at radius 2 is 2.07 bits per heavy atom. The van der Waals surface area contributed by atoms with Gasteiger partial charge >= 0.3 is 0 Å². The fraction of sp³-hybridized carbons (Fsp3) is 0.409. The smallest absolute Gasteiger partial charge is 0.227 e. The predicted molar refractivity (Wildman–Crippen MR) is 103 cm³/mol. The van der Waals surface area contributed by atoms with E-state index in [0.717, 1.165) is 24.1 Å². The maximum Gasteiger partial charge on any atom is 0.227 e. The lowest BCUT2D eigenvalue weighted by Gasteiger charge is -2.33. The quantitative estimate of drug-likeness (QED) is 0.884. The minimum Gasteiger partial charge on any atom is -0.504 e. The van der Waals surface area contributed by atoms with Crippen LogP contribution in [0.25, 0.3) is 0 Å². The molecule has 0 bridgehead atoms. The lowest BCUT2D eigenvalue weighted by Crippen LogP contribution is -2.48. The van der Waals surface area contributed by atoms with Crippen molar-refractivity contribution in [1.82, 2.24) is 9.80 Å². The molecule has 5 rings (SSSR count). The van der Waals surface area contributed by atoms with Crippen molar-refractivity contribution in [2.75, 3.05) is 20.3 Å². The van der Waals surface area contributed by atoms with Gasteiger partial charge in [0.05, 0.1) is 25.8 Å². The lowest BCUT2D eigenvalue weighted by atomic mass is 10.0. The number of phenolic OH excluding ortho intramolecular Hbond substituents is 1. The van der Waals surface area contributed by atoms with E-state index in [1.807, 2.05) is 29.2 Å². The average Bonchev–Trinajstić information content (AvgIpc) is 3.33. The molecule has 1 spiro atoms. The largest absolute Gasteiger partial charge is 0.504 e. The SMILES string of the molecule is COc1ccc(CN2CC[C@@]34OC[C@@H](c5ccccc5)N3C(=O)C[C@@H]24)cc1O. The van der Waals surface area contributed by atoms with Gasteiger partial charge in [-0.3, -0.25) is 9.69 Å². The van der Waals surface area contributed by atoms with E-state index < -0.39 is 5.72 Å². The Morgan fingerprint density at radius 1 is 1.25 bits per heavy atom. The van der Waals surface area contributed by atoms with Gasteiger partial charge in [-0.15, -0.1) is 0 Å². The van der Waals surface area contributed by atoms with Gasteiger partial charge in [0.15, 0.2) is 17.2 Å². The fourth-order valence-corrected chi connectivity index (χ4v) is 5.11. The molecule has 6 nitrogen and oxygen atoms in total. The third kappa shape index (κ3) is 2.52. The van der Waals surface area contributed by atoms with Gasteiger partial charge in [-0.2, -0.15) is 0 Å². The number of aromatic hydroxyl groups is 1. The molecule has 2 aromatic carbocycles. The molecule has 0 saturated carbocycles. The van der Waals surface area contributed by atoms with Crippen molar-refractivity contribution in [3.05, 3.63) is 59.7 Å². The summed E-state index contributed by atoms with van der Waals surface area (Å²) in [6, 6.07) is 15.7. The Kier molecular flexibility index (Phi) is 4.07. The van der Waals surface area contributed by atoms with Crippen molar-refractivity contribution in [3.63, 3.8) is 0 Å². The first-order chi connectivity index (χ1) is 13.6. The van der Waals surface area contributed by atoms with E-state index in [0.29, 0.717) is 25.3 Å². The van der Waals surface area contributed by atoms with Gasteiger partial charge < -0.3 is 19.5 Å². The number of carbonyl (C=O) groups excluding carboxylic acids is 1. The topological polar surface area (TPSA) is 62.2 Å². The fourth-order valence-electron chi connectivity index (χ4n) is 5.11. The highest BCUT2D eigenvalue weighted by atomic mass is 16.5. The second-order valence-electron chi connectivity index (χ2n) is 7.79. The van der Waals surface area contributed by atoms with E-state index in [9.17, 15) is 9.90 Å². The van der Waals surface area contributed by atoms with Crippen LogP contribution in [0.15, 0.2) is 48.5 Å². The number of hydrogen-bond acceptors (Lipinski definition) is 5. The third-order valence-electron chi connectivity index (χ3n) is 6.38. The Balaban J connectivity index is 1.39. The standard InChI is InChI=1S/C22H24N2O4/c1-27-19-8-7-15(11-18(19)25)13-23-10-9-22-20(23)12-21(26)24(22)17(14-28-22)16-5-3-2-4-6-16/h2-8,11,17,20,25H,9-10,12-14H2,1H3/t17-,20+,22-/m0/s1. The molecule has 146 valence electrons. The van der Waals surface area contributed by atoms with Crippen molar-refractivity contribution in [3.8, 4) is 11.5 Å². The predicted octanol–water partition coefficient (Wildman–Crippen LogP) is 2.68. The second-order valence-corrected chi connectivity index (χ2v) is 7.79. The first-order valence-corrected chi connectivity index (χ1v) is 9.73. The molecule has 3 fully saturated rings. The zero-order valence-corrected chi connectivity index (χ0v) is 15.9. The molecule has 0 aliphatic carbocycles. The van der Waals surface area contributed by atoms with E-state index in [1.165, 1.54) is 7.11 Å². The van der Waals surface area contributed by atoms with Gasteiger partial charge in [-0.25, -0.2) is 0 Å². The number of hydrogen-bond donors (Lipinski definition) is 1. The van der Waals surface area contributed by atoms with Gasteiger partial charge in [0.25, 0.3) is 0 Å². The van der Waals surface area contributed by atoms with E-state index in [-0.39, 0.29) is 23.7 Å². The first kappa shape index (κ1) is 17.5. The molecule has 1 amide bonds. The number of nitrogens with zero attached hydrogens (tertiary/aromatic N) is 2. The van der Waals surface area contributed by atoms with E-state index in [1.54, 1.807) is 12.1 Å². The van der Waals surface area contributed by atoms with E-state index >= 15 is 0 Å². The molecule has 0 unspecified atom stereocenters. The summed E-state index contributed by atoms with van der Waals surface area (Å²) in [6.07, 6.45) is 1.29. The van der Waals surface area contributed by atoms with Crippen molar-refractivity contribution in [2.24, 2.45) is 0 Å². The zero-order valence-electron chi connectivity index (χ0n) is 15.9. The molecule has 2 aromatic rings. The van der Waals surface area contributed by atoms with Crippen LogP contribution in [-0.4, -0.2) is 52.8 Å². The van der Waals surface area contributed by atoms with Crippen LogP contribution in [-0.2, 0) is 16.1 Å². The van der Waals surface area contributed by atoms with E-state index in [4.69, 9.17) is 9.47 Å². The second kappa shape index (κ2) is 6.50. The number of rotatable bonds is 4. The van der Waals surface area contributed by atoms with Gasteiger partial charge in [-0.1, -0.05) is 36.4 Å². The third-order valence-corrected chi connectivity index (χ3v) is 6.38. The molecule has 1 N–H and O–H groups in total. The number of carbonyl (C=O) groups is 1. The summed E-state index contributed by atoms with van der Waals surface area (Å²) in [5.41, 5.74) is 1.61. The van der Waals surface area contributed by atoms with Crippen molar-refractivity contribution < 1.29 is 19.4 Å². The summed E-state index contributed by atoms with van der Waals surface area (Å²) in [5, 5.41) is 10.1. The van der Waals surface area contributed by atoms with Gasteiger partial charge in [-0.05, 0) is 23.3 Å². The molecule has 3 aliphatic heterocycles. The first-order valence-electron chi connectivity index (χ1n) is 9.73. The minimum atomic E-state index is -0.522. The summed E-state index contributed by atoms with van der Waals surface area (Å²) in [7, 11) is 1.54. The molecule has 3 heterocycles. The van der Waals surface area contributed by atoms with Crippen molar-refractivity contribution in [2.45, 2.75) is 37.2 Å². The van der Waals surface area contributed by atoms with Crippen LogP contribution in [0, 0.1) is 0 Å². The molecule has 6 heteroatoms. The number of phenols is 1. The minimum absolute atomic E-state index is 0.0105. The summed E-state index contributed by atoms with van der Waals surface area (Å²) < 4.78 is 11.5. The van der Waals surface area contributed by atoms with Crippen molar-refractivity contribution in [1.29, 1.82) is 0 Å². The van der Waals surface area contributed by atoms with Crippen LogP contribution >= 0.6 is 0 Å². The Morgan fingerprint density at radius 3 is 2.82 bits per heavy atom. The number of benzene rings is 2. The monoisotopic (exact) mass is 380 g/mol. The van der Waals surface area contributed by atoms with Gasteiger partial charge in [0.1, 0.15) is 0 Å². The van der Waals surface area contributed by atoms with Crippen LogP contribution in [0.4, 0.5) is 0 Å². The van der Waals surface area contributed by atoms with Gasteiger partial charge in [0.2, 0.25) is 5.91 Å². The molecular weight excluding hydrogens is 356 g/mol. The highest BCUT2D eigenvalue weighted by Crippen LogP contribution is 2.51. The highest BCUT2D eigenvalue weighted by Gasteiger charge is 2.64.